The molecule has 3 aromatic rings. The Balaban J connectivity index is 1.53. The molecule has 1 aliphatic rings. The third kappa shape index (κ3) is 4.78. The van der Waals surface area contributed by atoms with Gasteiger partial charge in [0.15, 0.2) is 5.82 Å². The quantitative estimate of drug-likeness (QED) is 0.573. The summed E-state index contributed by atoms with van der Waals surface area (Å²) in [7, 11) is 0. The highest BCUT2D eigenvalue weighted by Crippen LogP contribution is 2.29. The molecule has 1 fully saturated rings. The van der Waals surface area contributed by atoms with Crippen molar-refractivity contribution in [3.8, 4) is 11.9 Å². The molecule has 0 spiro atoms. The van der Waals surface area contributed by atoms with Crippen molar-refractivity contribution in [3.63, 3.8) is 0 Å². The van der Waals surface area contributed by atoms with Crippen molar-refractivity contribution in [2.75, 3.05) is 36.0 Å². The first kappa shape index (κ1) is 22.6. The molecule has 170 valence electrons. The van der Waals surface area contributed by atoms with Gasteiger partial charge in [0.1, 0.15) is 5.02 Å². The molecule has 1 aliphatic heterocycles. The van der Waals surface area contributed by atoms with Crippen molar-refractivity contribution >= 4 is 23.0 Å². The van der Waals surface area contributed by atoms with Crippen molar-refractivity contribution < 1.29 is 13.2 Å². The SMILES string of the molecule is N#Cc1ccc(N2CCCN(c3cnn(-c4ccc(C(F)(F)F)cn4)c(=O)c3Cl)CC2)cc1. The number of anilines is 2. The lowest BCUT2D eigenvalue weighted by atomic mass is 10.2. The van der Waals surface area contributed by atoms with Crippen molar-refractivity contribution in [2.24, 2.45) is 0 Å². The van der Waals surface area contributed by atoms with Gasteiger partial charge in [0.25, 0.3) is 5.56 Å². The van der Waals surface area contributed by atoms with Crippen LogP contribution < -0.4 is 15.4 Å². The van der Waals surface area contributed by atoms with Gasteiger partial charge in [-0.15, -0.1) is 0 Å². The molecule has 0 N–H and O–H groups in total. The van der Waals surface area contributed by atoms with Gasteiger partial charge in [0.05, 0.1) is 29.1 Å². The van der Waals surface area contributed by atoms with Crippen LogP contribution in [0, 0.1) is 11.3 Å². The third-order valence-electron chi connectivity index (χ3n) is 5.39. The Morgan fingerprint density at radius 1 is 0.970 bits per heavy atom. The summed E-state index contributed by atoms with van der Waals surface area (Å²) in [4.78, 5) is 20.7. The van der Waals surface area contributed by atoms with E-state index in [0.717, 1.165) is 35.5 Å². The summed E-state index contributed by atoms with van der Waals surface area (Å²) in [6.07, 6.45) is -1.64. The van der Waals surface area contributed by atoms with Crippen LogP contribution >= 0.6 is 11.6 Å². The summed E-state index contributed by atoms with van der Waals surface area (Å²) in [6.45, 7) is 2.70. The summed E-state index contributed by atoms with van der Waals surface area (Å²) >= 11 is 6.36. The number of hydrogen-bond acceptors (Lipinski definition) is 6. The van der Waals surface area contributed by atoms with Gasteiger partial charge >= 0.3 is 6.18 Å². The maximum atomic E-state index is 12.8. The lowest BCUT2D eigenvalue weighted by Crippen LogP contribution is -2.33. The summed E-state index contributed by atoms with van der Waals surface area (Å²) < 4.78 is 39.2. The first-order valence-corrected chi connectivity index (χ1v) is 10.5. The number of pyridine rings is 1. The van der Waals surface area contributed by atoms with E-state index in [1.54, 1.807) is 12.1 Å². The summed E-state index contributed by atoms with van der Waals surface area (Å²) in [5.41, 5.74) is 0.486. The van der Waals surface area contributed by atoms with E-state index >= 15 is 0 Å². The second kappa shape index (κ2) is 9.11. The molecule has 0 aliphatic carbocycles. The fourth-order valence-electron chi connectivity index (χ4n) is 3.65. The van der Waals surface area contributed by atoms with Crippen LogP contribution in [0.2, 0.25) is 5.02 Å². The third-order valence-corrected chi connectivity index (χ3v) is 5.75. The number of alkyl halides is 3. The normalized spacial score (nSPS) is 14.6. The molecule has 0 unspecified atom stereocenters. The zero-order valence-corrected chi connectivity index (χ0v) is 18.0. The van der Waals surface area contributed by atoms with E-state index in [0.29, 0.717) is 37.1 Å². The zero-order chi connectivity index (χ0) is 23.6. The van der Waals surface area contributed by atoms with Crippen molar-refractivity contribution in [1.29, 1.82) is 5.26 Å². The molecule has 3 heterocycles. The Morgan fingerprint density at radius 3 is 2.30 bits per heavy atom. The molecule has 0 atom stereocenters. The summed E-state index contributed by atoms with van der Waals surface area (Å²) in [5, 5.41) is 13.0. The maximum absolute atomic E-state index is 12.8. The zero-order valence-electron chi connectivity index (χ0n) is 17.3. The van der Waals surface area contributed by atoms with Gasteiger partial charge in [-0.3, -0.25) is 4.79 Å². The van der Waals surface area contributed by atoms with E-state index in [2.05, 4.69) is 21.1 Å². The lowest BCUT2D eigenvalue weighted by Gasteiger charge is -2.25. The molecule has 2 aromatic heterocycles. The highest BCUT2D eigenvalue weighted by molar-refractivity contribution is 6.33. The number of nitriles is 1. The number of rotatable bonds is 3. The van der Waals surface area contributed by atoms with Crippen LogP contribution in [0.5, 0.6) is 0 Å². The van der Waals surface area contributed by atoms with Crippen LogP contribution in [0.4, 0.5) is 24.5 Å². The Hall–Kier alpha value is -3.58. The highest BCUT2D eigenvalue weighted by atomic mass is 35.5. The molecule has 33 heavy (non-hydrogen) atoms. The molecule has 4 rings (SSSR count). The van der Waals surface area contributed by atoms with Gasteiger partial charge in [-0.05, 0) is 42.8 Å². The first-order valence-electron chi connectivity index (χ1n) is 10.1. The van der Waals surface area contributed by atoms with Crippen LogP contribution in [0.25, 0.3) is 5.82 Å². The monoisotopic (exact) mass is 474 g/mol. The predicted molar refractivity (Wildman–Crippen MR) is 118 cm³/mol. The second-order valence-corrected chi connectivity index (χ2v) is 7.83. The van der Waals surface area contributed by atoms with Gasteiger partial charge in [0.2, 0.25) is 0 Å². The average Bonchev–Trinajstić information content (AvgIpc) is 3.07. The summed E-state index contributed by atoms with van der Waals surface area (Å²) in [5.74, 6) is -0.0516. The van der Waals surface area contributed by atoms with Gasteiger partial charge in [-0.1, -0.05) is 11.6 Å². The Kier molecular flexibility index (Phi) is 6.24. The minimum absolute atomic E-state index is 0.0516. The Labute approximate surface area is 192 Å². The number of benzene rings is 1. The van der Waals surface area contributed by atoms with Crippen LogP contribution in [0.15, 0.2) is 53.6 Å². The van der Waals surface area contributed by atoms with Crippen molar-refractivity contribution in [2.45, 2.75) is 12.6 Å². The molecular weight excluding hydrogens is 457 g/mol. The molecule has 1 saturated heterocycles. The smallest absolute Gasteiger partial charge is 0.370 e. The fraction of sp³-hybridized carbons (Fsp3) is 0.273. The van der Waals surface area contributed by atoms with E-state index < -0.39 is 17.3 Å². The van der Waals surface area contributed by atoms with E-state index in [1.165, 1.54) is 6.20 Å². The molecule has 1 aromatic carbocycles. The van der Waals surface area contributed by atoms with Crippen molar-refractivity contribution in [3.05, 3.63) is 75.3 Å². The molecule has 0 amide bonds. The van der Waals surface area contributed by atoms with Crippen LogP contribution in [0.1, 0.15) is 17.5 Å². The van der Waals surface area contributed by atoms with E-state index in [9.17, 15) is 18.0 Å². The number of aromatic nitrogens is 3. The van der Waals surface area contributed by atoms with Gasteiger partial charge in [-0.25, -0.2) is 4.98 Å². The van der Waals surface area contributed by atoms with Crippen molar-refractivity contribution in [1.82, 2.24) is 14.8 Å². The first-order chi connectivity index (χ1) is 15.8. The molecular formula is C22H18ClF3N6O. The maximum Gasteiger partial charge on any atom is 0.417 e. The topological polar surface area (TPSA) is 78.1 Å². The van der Waals surface area contributed by atoms with Gasteiger partial charge in [-0.2, -0.15) is 28.2 Å². The fourth-order valence-corrected chi connectivity index (χ4v) is 3.90. The molecule has 11 heteroatoms. The van der Waals surface area contributed by atoms with Crippen LogP contribution in [-0.4, -0.2) is 40.9 Å². The minimum Gasteiger partial charge on any atom is -0.370 e. The Bertz CT molecular complexity index is 1240. The van der Waals surface area contributed by atoms with Gasteiger partial charge in [0, 0.05) is 38.1 Å². The molecule has 0 radical (unpaired) electrons. The number of hydrogen-bond donors (Lipinski definition) is 0. The van der Waals surface area contributed by atoms with E-state index in [-0.39, 0.29) is 10.8 Å². The molecule has 0 saturated carbocycles. The largest absolute Gasteiger partial charge is 0.417 e. The minimum atomic E-state index is -4.52. The second-order valence-electron chi connectivity index (χ2n) is 7.45. The van der Waals surface area contributed by atoms with E-state index in [1.807, 2.05) is 17.0 Å². The predicted octanol–water partition coefficient (Wildman–Crippen LogP) is 3.89. The number of nitrogens with zero attached hydrogens (tertiary/aromatic N) is 6. The standard InChI is InChI=1S/C22H18ClF3N6O/c23-20-18(14-29-32(21(20)33)19-7-4-16(13-28-19)22(24,25)26)31-9-1-8-30(10-11-31)17-5-2-15(12-27)3-6-17/h2-7,13-14H,1,8-11H2. The molecule has 0 bridgehead atoms. The Morgan fingerprint density at radius 2 is 1.67 bits per heavy atom. The highest BCUT2D eigenvalue weighted by Gasteiger charge is 2.31. The number of halogens is 4. The van der Waals surface area contributed by atoms with E-state index in [4.69, 9.17) is 16.9 Å². The van der Waals surface area contributed by atoms with Gasteiger partial charge < -0.3 is 9.80 Å². The lowest BCUT2D eigenvalue weighted by molar-refractivity contribution is -0.137. The average molecular weight is 475 g/mol. The van der Waals surface area contributed by atoms with Crippen LogP contribution in [-0.2, 0) is 6.18 Å². The van der Waals surface area contributed by atoms with Crippen LogP contribution in [0.3, 0.4) is 0 Å². The summed E-state index contributed by atoms with van der Waals surface area (Å²) in [6, 6.07) is 11.4. The molecule has 7 nitrogen and oxygen atoms in total.